The van der Waals surface area contributed by atoms with Crippen molar-refractivity contribution in [2.45, 2.75) is 294 Å². The highest BCUT2D eigenvalue weighted by molar-refractivity contribution is 8.77. The highest BCUT2D eigenvalue weighted by atomic mass is 35.5. The lowest BCUT2D eigenvalue weighted by Crippen LogP contribution is -2.53. The fourth-order valence-electron chi connectivity index (χ4n) is 15.0. The number of fused-ring (bicyclic) bond motifs is 10. The molecule has 6 aliphatic heterocycles. The minimum absolute atomic E-state index is 0. The number of carbonyl (C=O) groups is 10. The second kappa shape index (κ2) is 44.6. The summed E-state index contributed by atoms with van der Waals surface area (Å²) in [5, 5.41) is 24.2. The highest BCUT2D eigenvalue weighted by Gasteiger charge is 2.66. The first-order chi connectivity index (χ1) is 55.1. The third kappa shape index (κ3) is 27.4. The van der Waals surface area contributed by atoms with Crippen LogP contribution in [-0.4, -0.2) is 240 Å². The lowest BCUT2D eigenvalue weighted by molar-refractivity contribution is -0.188. The SMILES string of the molecule is C.C.COc1cc2cc(c1Cl)N(C)C(=O)C[C@@H](OC(=O)[C@@H](C)N(C)C(=O)CCSSC(C)(C)CCC(C)=O)[C@@]1(C)O[C@@H]1[C@@H](C)[C@H]1C[C@](O)(CC(=O)O1)[C@@H](OC)/C=C/C=C(\C)C2.COc1cc2cc(c1Cl)N(C)C(=O)C[C@@H](OC(=O)[C@@H](C)N(C)C(=O)CCSSC(C)(C)CCC(C)=O)[C@@]1(C)O[C@@H]1[C@@H](C)[C@H]1C[C@](O)(CC(=O)O1)[C@@H](OC)/C=C/C=C(\C)C2. The molecule has 6 aliphatic rings. The number of hydrogen-bond donors (Lipinski definition) is 2. The van der Waals surface area contributed by atoms with Gasteiger partial charge in [-0.1, -0.05) is 143 Å². The monoisotopic (exact) mass is 1790 g/mol. The molecule has 16 atom stereocenters. The Hall–Kier alpha value is -6.16. The molecule has 26 nitrogen and oxygen atoms in total. The van der Waals surface area contributed by atoms with Crippen LogP contribution in [0.3, 0.4) is 0 Å². The average molecular weight is 1800 g/mol. The second-order valence-corrected chi connectivity index (χ2v) is 40.7. The summed E-state index contributed by atoms with van der Waals surface area (Å²) >= 11 is 13.6. The summed E-state index contributed by atoms with van der Waals surface area (Å²) in [6, 6.07) is 5.19. The molecule has 4 fully saturated rings. The smallest absolute Gasteiger partial charge is 0.328 e. The Balaban J connectivity index is 0.000000420. The van der Waals surface area contributed by atoms with Crippen LogP contribution in [0.5, 0.6) is 11.5 Å². The maximum absolute atomic E-state index is 14.2. The van der Waals surface area contributed by atoms with E-state index in [-0.39, 0.29) is 109 Å². The number of ether oxygens (including phenoxy) is 10. The predicted octanol–water partition coefficient (Wildman–Crippen LogP) is 14.6. The van der Waals surface area contributed by atoms with Crippen molar-refractivity contribution in [2.75, 3.05) is 77.9 Å². The summed E-state index contributed by atoms with van der Waals surface area (Å²) in [4.78, 5) is 137. The largest absolute Gasteiger partial charge is 0.495 e. The number of amides is 4. The summed E-state index contributed by atoms with van der Waals surface area (Å²) in [5.41, 5.74) is -1.32. The van der Waals surface area contributed by atoms with Gasteiger partial charge in [-0.2, -0.15) is 0 Å². The second-order valence-electron chi connectivity index (χ2n) is 33.7. The average Bonchev–Trinajstić information content (AvgIpc) is 1.57. The van der Waals surface area contributed by atoms with E-state index in [0.29, 0.717) is 60.1 Å². The Bertz CT molecular complexity index is 3870. The molecule has 672 valence electrons. The summed E-state index contributed by atoms with van der Waals surface area (Å²) in [6.07, 6.45) is 6.53. The van der Waals surface area contributed by atoms with Gasteiger partial charge in [0.2, 0.25) is 23.6 Å². The molecule has 8 bridgehead atoms. The molecule has 6 heterocycles. The number of anilines is 2. The number of aliphatic hydroxyl groups is 2. The molecule has 32 heteroatoms. The van der Waals surface area contributed by atoms with Crippen molar-refractivity contribution >= 4 is 137 Å². The van der Waals surface area contributed by atoms with E-state index in [1.54, 1.807) is 147 Å². The number of epoxide rings is 2. The zero-order chi connectivity index (χ0) is 88.1. The molecule has 0 aromatic heterocycles. The number of methoxy groups -OCH3 is 4. The van der Waals surface area contributed by atoms with Gasteiger partial charge in [0.15, 0.2) is 0 Å². The lowest BCUT2D eigenvalue weighted by atomic mass is 9.78. The van der Waals surface area contributed by atoms with E-state index >= 15 is 0 Å². The van der Waals surface area contributed by atoms with Crippen LogP contribution in [0.1, 0.15) is 200 Å². The van der Waals surface area contributed by atoms with Gasteiger partial charge in [-0.05, 0) is 144 Å². The molecule has 2 aromatic carbocycles. The first kappa shape index (κ1) is 104. The normalized spacial score (nSPS) is 29.1. The van der Waals surface area contributed by atoms with Crippen molar-refractivity contribution in [3.8, 4) is 11.5 Å². The molecule has 0 radical (unpaired) electrons. The first-order valence-corrected chi connectivity index (χ1v) is 45.2. The molecule has 120 heavy (non-hydrogen) atoms. The van der Waals surface area contributed by atoms with E-state index in [0.717, 1.165) is 35.1 Å². The molecule has 0 aliphatic carbocycles. The van der Waals surface area contributed by atoms with E-state index < -0.39 is 131 Å². The van der Waals surface area contributed by atoms with Gasteiger partial charge in [0.05, 0.1) is 63.5 Å². The third-order valence-corrected chi connectivity index (χ3v) is 30.6. The van der Waals surface area contributed by atoms with Crippen molar-refractivity contribution in [3.63, 3.8) is 0 Å². The van der Waals surface area contributed by atoms with E-state index in [9.17, 15) is 58.2 Å². The van der Waals surface area contributed by atoms with Crippen molar-refractivity contribution in [1.29, 1.82) is 0 Å². The van der Waals surface area contributed by atoms with Crippen molar-refractivity contribution in [3.05, 3.63) is 93.0 Å². The number of benzene rings is 2. The van der Waals surface area contributed by atoms with E-state index in [4.69, 9.17) is 70.6 Å². The molecule has 8 rings (SSSR count). The third-order valence-electron chi connectivity index (χ3n) is 23.1. The number of esters is 4. The van der Waals surface area contributed by atoms with Gasteiger partial charge >= 0.3 is 23.9 Å². The number of allylic oxidation sites excluding steroid dienone is 6. The standard InChI is InChI=1S/2C43H61ClN2O11S2.2CH4/c2*1-25-13-12-14-33(54-11)43(52)23-32(55-37(50)24-43)27(3)39-42(7,57-39)34(22-36(49)46(9)30-20-29(19-25)21-31(53-10)38(30)44)56-40(51)28(4)45(8)35(48)16-18-58-59-41(5,6)17-15-26(2)47;;/h2*12-14,20-21,27-28,32-34,39,52H,15-19,22-24H2,1-11H3;2*1H4/b2*14-12+,25-13+;;/t2*27-,28+,32+,33-,34+,39+,42+,43-;;/m00../s1. The van der Waals surface area contributed by atoms with Crippen LogP contribution in [0.15, 0.2) is 71.9 Å². The van der Waals surface area contributed by atoms with Gasteiger partial charge in [-0.25, -0.2) is 9.59 Å². The van der Waals surface area contributed by atoms with Gasteiger partial charge in [0, 0.05) is 114 Å². The van der Waals surface area contributed by atoms with Crippen LogP contribution in [-0.2, 0) is 98.7 Å². The molecule has 4 amide bonds. The lowest BCUT2D eigenvalue weighted by Gasteiger charge is -2.41. The molecule has 0 saturated carbocycles. The number of ketones is 2. The van der Waals surface area contributed by atoms with Crippen LogP contribution < -0.4 is 19.3 Å². The maximum atomic E-state index is 14.2. The van der Waals surface area contributed by atoms with Gasteiger partial charge in [0.1, 0.15) is 104 Å². The van der Waals surface area contributed by atoms with Gasteiger partial charge in [-0.3, -0.25) is 28.8 Å². The number of likely N-dealkylation sites (N-methyl/N-ethyl adjacent to an activating group) is 2. The Morgan fingerprint density at radius 2 is 0.933 bits per heavy atom. The zero-order valence-corrected chi connectivity index (χ0v) is 77.0. The fourth-order valence-corrected chi connectivity index (χ4v) is 20.7. The molecule has 2 aromatic rings. The van der Waals surface area contributed by atoms with Crippen LogP contribution in [0.25, 0.3) is 0 Å². The fraction of sp³-hybridized carbons (Fsp3) is 0.659. The number of nitrogens with zero attached hydrogens (tertiary/aromatic N) is 4. The minimum atomic E-state index is -1.59. The van der Waals surface area contributed by atoms with Gasteiger partial charge < -0.3 is 86.8 Å². The molecule has 0 unspecified atom stereocenters. The number of hydrogen-bond acceptors (Lipinski definition) is 26. The summed E-state index contributed by atoms with van der Waals surface area (Å²) in [7, 11) is 18.5. The first-order valence-electron chi connectivity index (χ1n) is 39.8. The van der Waals surface area contributed by atoms with Gasteiger partial charge in [-0.15, -0.1) is 0 Å². The molecular weight excluding hydrogens is 1660 g/mol. The zero-order valence-electron chi connectivity index (χ0n) is 72.3. The number of halogens is 2. The topological polar surface area (TPSA) is 323 Å². The summed E-state index contributed by atoms with van der Waals surface area (Å²) < 4.78 is 58.8. The van der Waals surface area contributed by atoms with Gasteiger partial charge in [0.25, 0.3) is 0 Å². The Morgan fingerprint density at radius 1 is 0.592 bits per heavy atom. The van der Waals surface area contributed by atoms with E-state index in [2.05, 4.69) is 27.7 Å². The molecule has 2 N–H and O–H groups in total. The minimum Gasteiger partial charge on any atom is -0.495 e. The quantitative estimate of drug-likeness (QED) is 0.0290. The van der Waals surface area contributed by atoms with Crippen LogP contribution >= 0.6 is 66.4 Å². The Kier molecular flexibility index (Phi) is 38.8. The molecule has 4 saturated heterocycles. The molecular formula is C88H130Cl2N4O22S4. The number of rotatable bonds is 26. The van der Waals surface area contributed by atoms with Crippen molar-refractivity contribution < 1.29 is 106 Å². The summed E-state index contributed by atoms with van der Waals surface area (Å²) in [5.74, 6) is -3.01. The van der Waals surface area contributed by atoms with Crippen molar-refractivity contribution in [2.24, 2.45) is 11.8 Å². The van der Waals surface area contributed by atoms with Crippen LogP contribution in [0.2, 0.25) is 10.0 Å². The van der Waals surface area contributed by atoms with E-state index in [1.165, 1.54) is 62.1 Å². The van der Waals surface area contributed by atoms with Crippen LogP contribution in [0.4, 0.5) is 11.4 Å². The maximum Gasteiger partial charge on any atom is 0.328 e. The molecule has 0 spiro atoms. The van der Waals surface area contributed by atoms with Crippen molar-refractivity contribution in [1.82, 2.24) is 9.80 Å². The Morgan fingerprint density at radius 3 is 1.25 bits per heavy atom. The predicted molar refractivity (Wildman–Crippen MR) is 475 cm³/mol. The highest BCUT2D eigenvalue weighted by Crippen LogP contribution is 2.53. The Labute approximate surface area is 736 Å². The summed E-state index contributed by atoms with van der Waals surface area (Å²) in [6.45, 7) is 25.5. The number of carbonyl (C=O) groups excluding carboxylic acids is 10. The van der Waals surface area contributed by atoms with Crippen LogP contribution in [0, 0.1) is 11.8 Å². The number of Topliss-reactive ketones (excluding diaryl/α,β-unsaturated/α-hetero) is 2. The van der Waals surface area contributed by atoms with E-state index in [1.807, 2.05) is 39.8 Å².